The van der Waals surface area contributed by atoms with Crippen LogP contribution >= 0.6 is 0 Å². The Hall–Kier alpha value is -0.610. The van der Waals surface area contributed by atoms with E-state index in [1.807, 2.05) is 13.8 Å². The molecular weight excluding hydrogens is 238 g/mol. The molecule has 1 amide bonds. The van der Waals surface area contributed by atoms with Crippen LogP contribution in [0, 0.1) is 11.3 Å². The molecule has 1 fully saturated rings. The van der Waals surface area contributed by atoms with Gasteiger partial charge in [-0.1, -0.05) is 20.8 Å². The molecule has 2 atom stereocenters. The molecule has 0 aromatic rings. The summed E-state index contributed by atoms with van der Waals surface area (Å²) in [4.78, 5) is 14.3. The van der Waals surface area contributed by atoms with Crippen molar-refractivity contribution >= 4 is 5.91 Å². The number of hydrogen-bond acceptors (Lipinski definition) is 3. The van der Waals surface area contributed by atoms with Gasteiger partial charge in [0.25, 0.3) is 0 Å². The van der Waals surface area contributed by atoms with Crippen LogP contribution < -0.4 is 11.1 Å². The maximum atomic E-state index is 11.9. The normalized spacial score (nSPS) is 22.8. The molecule has 1 saturated heterocycles. The molecule has 1 rings (SSSR count). The Morgan fingerprint density at radius 3 is 2.47 bits per heavy atom. The van der Waals surface area contributed by atoms with Gasteiger partial charge >= 0.3 is 0 Å². The minimum Gasteiger partial charge on any atom is -0.354 e. The van der Waals surface area contributed by atoms with E-state index in [0.29, 0.717) is 24.3 Å². The first-order valence-corrected chi connectivity index (χ1v) is 7.47. The summed E-state index contributed by atoms with van der Waals surface area (Å²) in [5.41, 5.74) is 6.21. The Bertz CT molecular complexity index is 296. The second kappa shape index (κ2) is 6.71. The highest BCUT2D eigenvalue weighted by atomic mass is 16.1. The predicted molar refractivity (Wildman–Crippen MR) is 79.9 cm³/mol. The van der Waals surface area contributed by atoms with E-state index in [1.54, 1.807) is 0 Å². The van der Waals surface area contributed by atoms with E-state index in [1.165, 1.54) is 6.42 Å². The highest BCUT2D eigenvalue weighted by molar-refractivity contribution is 5.76. The Morgan fingerprint density at radius 2 is 2.05 bits per heavy atom. The van der Waals surface area contributed by atoms with E-state index in [-0.39, 0.29) is 18.0 Å². The largest absolute Gasteiger partial charge is 0.354 e. The molecule has 0 saturated carbocycles. The summed E-state index contributed by atoms with van der Waals surface area (Å²) in [5.74, 6) is 0.819. The van der Waals surface area contributed by atoms with Crippen LogP contribution in [0.4, 0.5) is 0 Å². The number of nitrogens with two attached hydrogens (primary N) is 1. The molecule has 0 aromatic heterocycles. The summed E-state index contributed by atoms with van der Waals surface area (Å²) in [6, 6.07) is 0.387. The third kappa shape index (κ3) is 5.11. The lowest BCUT2D eigenvalue weighted by Crippen LogP contribution is -2.44. The monoisotopic (exact) mass is 269 g/mol. The fourth-order valence-electron chi connectivity index (χ4n) is 2.78. The Morgan fingerprint density at radius 1 is 1.42 bits per heavy atom. The topological polar surface area (TPSA) is 58.4 Å². The average Bonchev–Trinajstić information content (AvgIpc) is 2.73. The van der Waals surface area contributed by atoms with Crippen molar-refractivity contribution in [2.45, 2.75) is 59.5 Å². The fourth-order valence-corrected chi connectivity index (χ4v) is 2.78. The van der Waals surface area contributed by atoms with Gasteiger partial charge in [-0.15, -0.1) is 0 Å². The molecule has 2 unspecified atom stereocenters. The SMILES string of the molecule is CC(C)NC(=O)CC(CN)N1CCC(C(C)(C)C)C1. The van der Waals surface area contributed by atoms with E-state index in [2.05, 4.69) is 31.0 Å². The summed E-state index contributed by atoms with van der Waals surface area (Å²) < 4.78 is 0. The molecule has 0 bridgehead atoms. The van der Waals surface area contributed by atoms with Gasteiger partial charge in [0.2, 0.25) is 5.91 Å². The number of nitrogens with one attached hydrogen (secondary N) is 1. The first-order valence-electron chi connectivity index (χ1n) is 7.47. The molecule has 0 aliphatic carbocycles. The van der Waals surface area contributed by atoms with Crippen molar-refractivity contribution in [3.05, 3.63) is 0 Å². The number of carbonyl (C=O) groups excluding carboxylic acids is 1. The first kappa shape index (κ1) is 16.4. The zero-order valence-electron chi connectivity index (χ0n) is 13.2. The average molecular weight is 269 g/mol. The van der Waals surface area contributed by atoms with E-state index in [9.17, 15) is 4.79 Å². The van der Waals surface area contributed by atoms with Crippen LogP contribution in [0.25, 0.3) is 0 Å². The van der Waals surface area contributed by atoms with Crippen LogP contribution in [0.2, 0.25) is 0 Å². The summed E-state index contributed by atoms with van der Waals surface area (Å²) in [7, 11) is 0. The van der Waals surface area contributed by atoms with Gasteiger partial charge in [0, 0.05) is 31.6 Å². The molecule has 1 aliphatic heterocycles. The highest BCUT2D eigenvalue weighted by Gasteiger charge is 2.34. The zero-order valence-corrected chi connectivity index (χ0v) is 13.2. The van der Waals surface area contributed by atoms with Crippen molar-refractivity contribution in [2.75, 3.05) is 19.6 Å². The molecule has 0 radical (unpaired) electrons. The smallest absolute Gasteiger partial charge is 0.221 e. The molecule has 112 valence electrons. The van der Waals surface area contributed by atoms with Gasteiger partial charge in [-0.2, -0.15) is 0 Å². The van der Waals surface area contributed by atoms with Gasteiger partial charge in [-0.25, -0.2) is 0 Å². The van der Waals surface area contributed by atoms with Crippen molar-refractivity contribution in [3.63, 3.8) is 0 Å². The van der Waals surface area contributed by atoms with Crippen molar-refractivity contribution in [1.82, 2.24) is 10.2 Å². The van der Waals surface area contributed by atoms with E-state index < -0.39 is 0 Å². The van der Waals surface area contributed by atoms with Gasteiger partial charge < -0.3 is 11.1 Å². The number of rotatable bonds is 5. The Labute approximate surface area is 118 Å². The van der Waals surface area contributed by atoms with Crippen LogP contribution in [-0.2, 0) is 4.79 Å². The maximum absolute atomic E-state index is 11.9. The van der Waals surface area contributed by atoms with E-state index >= 15 is 0 Å². The first-order chi connectivity index (χ1) is 8.74. The van der Waals surface area contributed by atoms with Gasteiger partial charge in [0.15, 0.2) is 0 Å². The Balaban J connectivity index is 2.51. The van der Waals surface area contributed by atoms with Crippen molar-refractivity contribution < 1.29 is 4.79 Å². The van der Waals surface area contributed by atoms with Crippen LogP contribution in [0.5, 0.6) is 0 Å². The van der Waals surface area contributed by atoms with Crippen LogP contribution in [0.3, 0.4) is 0 Å². The lowest BCUT2D eigenvalue weighted by Gasteiger charge is -2.30. The van der Waals surface area contributed by atoms with Crippen LogP contribution in [-0.4, -0.2) is 42.5 Å². The number of hydrogen-bond donors (Lipinski definition) is 2. The molecular formula is C15H31N3O. The van der Waals surface area contributed by atoms with Gasteiger partial charge in [-0.05, 0) is 38.1 Å². The fraction of sp³-hybridized carbons (Fsp3) is 0.933. The number of likely N-dealkylation sites (tertiary alicyclic amines) is 1. The minimum atomic E-state index is 0.115. The van der Waals surface area contributed by atoms with Crippen LogP contribution in [0.15, 0.2) is 0 Å². The third-order valence-corrected chi connectivity index (χ3v) is 4.10. The molecule has 4 nitrogen and oxygen atoms in total. The summed E-state index contributed by atoms with van der Waals surface area (Å²) in [6.07, 6.45) is 1.73. The van der Waals surface area contributed by atoms with E-state index in [4.69, 9.17) is 5.73 Å². The second-order valence-electron chi connectivity index (χ2n) is 7.16. The van der Waals surface area contributed by atoms with E-state index in [0.717, 1.165) is 13.1 Å². The summed E-state index contributed by atoms with van der Waals surface area (Å²) in [6.45, 7) is 13.6. The number of nitrogens with zero attached hydrogens (tertiary/aromatic N) is 1. The van der Waals surface area contributed by atoms with Gasteiger partial charge in [0.1, 0.15) is 0 Å². The molecule has 1 heterocycles. The summed E-state index contributed by atoms with van der Waals surface area (Å²) >= 11 is 0. The maximum Gasteiger partial charge on any atom is 0.221 e. The molecule has 0 aromatic carbocycles. The molecule has 4 heteroatoms. The van der Waals surface area contributed by atoms with Crippen molar-refractivity contribution in [3.8, 4) is 0 Å². The van der Waals surface area contributed by atoms with Gasteiger partial charge in [-0.3, -0.25) is 9.69 Å². The molecule has 3 N–H and O–H groups in total. The lowest BCUT2D eigenvalue weighted by molar-refractivity contribution is -0.122. The quantitative estimate of drug-likeness (QED) is 0.797. The Kier molecular flexibility index (Phi) is 5.81. The molecule has 19 heavy (non-hydrogen) atoms. The standard InChI is InChI=1S/C15H31N3O/c1-11(2)17-14(19)8-13(9-16)18-7-6-12(10-18)15(3,4)5/h11-13H,6-10,16H2,1-5H3,(H,17,19). The number of carbonyl (C=O) groups is 1. The third-order valence-electron chi connectivity index (χ3n) is 4.10. The molecule has 1 aliphatic rings. The zero-order chi connectivity index (χ0) is 14.6. The van der Waals surface area contributed by atoms with Crippen molar-refractivity contribution in [1.29, 1.82) is 0 Å². The predicted octanol–water partition coefficient (Wildman–Crippen LogP) is 1.60. The number of amides is 1. The summed E-state index contributed by atoms with van der Waals surface area (Å²) in [5, 5.41) is 2.95. The minimum absolute atomic E-state index is 0.115. The van der Waals surface area contributed by atoms with Crippen molar-refractivity contribution in [2.24, 2.45) is 17.1 Å². The second-order valence-corrected chi connectivity index (χ2v) is 7.16. The van der Waals surface area contributed by atoms with Gasteiger partial charge in [0.05, 0.1) is 0 Å². The van der Waals surface area contributed by atoms with Crippen LogP contribution in [0.1, 0.15) is 47.5 Å². The highest BCUT2D eigenvalue weighted by Crippen LogP contribution is 2.34. The lowest BCUT2D eigenvalue weighted by atomic mass is 9.80. The molecule has 0 spiro atoms.